The molecule has 1 heterocycles. The topological polar surface area (TPSA) is 56.1 Å². The van der Waals surface area contributed by atoms with Crippen molar-refractivity contribution < 1.29 is 9.53 Å². The van der Waals surface area contributed by atoms with Crippen molar-refractivity contribution in [2.75, 3.05) is 11.9 Å². The van der Waals surface area contributed by atoms with Gasteiger partial charge in [0.1, 0.15) is 11.6 Å². The van der Waals surface area contributed by atoms with Crippen molar-refractivity contribution in [2.45, 2.75) is 39.7 Å². The molecule has 118 valence electrons. The molecule has 0 aliphatic rings. The van der Waals surface area contributed by atoms with E-state index in [0.29, 0.717) is 17.5 Å². The number of carbonyl (C=O) groups is 1. The summed E-state index contributed by atoms with van der Waals surface area (Å²) in [4.78, 5) is 12.0. The van der Waals surface area contributed by atoms with Crippen LogP contribution in [-0.2, 0) is 4.79 Å². The van der Waals surface area contributed by atoms with Gasteiger partial charge in [-0.05, 0) is 37.5 Å². The van der Waals surface area contributed by atoms with E-state index in [9.17, 15) is 4.79 Å². The number of anilines is 1. The lowest BCUT2D eigenvalue weighted by atomic mass is 10.0. The number of hydrogen-bond acceptors (Lipinski definition) is 3. The molecular formula is C17H23N3O2. The Kier molecular flexibility index (Phi) is 5.20. The molecule has 0 radical (unpaired) electrons. The second-order valence-electron chi connectivity index (χ2n) is 5.82. The second kappa shape index (κ2) is 7.11. The number of hydrogen-bond donors (Lipinski definition) is 1. The molecule has 0 spiro atoms. The molecule has 1 aromatic carbocycles. The SMILES string of the molecule is CC(C)c1ccc(OCC(=O)Nc2ccnn2C(C)C)cc1. The van der Waals surface area contributed by atoms with Crippen LogP contribution in [0.25, 0.3) is 0 Å². The Hall–Kier alpha value is -2.30. The Labute approximate surface area is 131 Å². The van der Waals surface area contributed by atoms with Crippen molar-refractivity contribution in [1.29, 1.82) is 0 Å². The van der Waals surface area contributed by atoms with Gasteiger partial charge in [0.05, 0.1) is 6.20 Å². The zero-order valence-electron chi connectivity index (χ0n) is 13.5. The van der Waals surface area contributed by atoms with E-state index in [1.807, 2.05) is 38.1 Å². The number of amides is 1. The first kappa shape index (κ1) is 16.1. The highest BCUT2D eigenvalue weighted by Gasteiger charge is 2.10. The lowest BCUT2D eigenvalue weighted by Gasteiger charge is -2.12. The molecule has 0 bridgehead atoms. The maximum atomic E-state index is 12.0. The fourth-order valence-corrected chi connectivity index (χ4v) is 2.10. The Balaban J connectivity index is 1.88. The Bertz CT molecular complexity index is 615. The minimum atomic E-state index is -0.199. The summed E-state index contributed by atoms with van der Waals surface area (Å²) in [5.74, 6) is 1.65. The lowest BCUT2D eigenvalue weighted by molar-refractivity contribution is -0.118. The zero-order valence-corrected chi connectivity index (χ0v) is 13.5. The summed E-state index contributed by atoms with van der Waals surface area (Å²) in [5.41, 5.74) is 1.25. The van der Waals surface area contributed by atoms with E-state index in [1.54, 1.807) is 16.9 Å². The Morgan fingerprint density at radius 3 is 2.45 bits per heavy atom. The maximum Gasteiger partial charge on any atom is 0.263 e. The molecular weight excluding hydrogens is 278 g/mol. The van der Waals surface area contributed by atoms with Crippen LogP contribution in [0.15, 0.2) is 36.5 Å². The third kappa shape index (κ3) is 4.10. The Morgan fingerprint density at radius 1 is 1.18 bits per heavy atom. The van der Waals surface area contributed by atoms with Crippen LogP contribution in [-0.4, -0.2) is 22.3 Å². The van der Waals surface area contributed by atoms with Gasteiger partial charge in [-0.1, -0.05) is 26.0 Å². The summed E-state index contributed by atoms with van der Waals surface area (Å²) in [6.07, 6.45) is 1.67. The zero-order chi connectivity index (χ0) is 16.1. The second-order valence-corrected chi connectivity index (χ2v) is 5.82. The minimum Gasteiger partial charge on any atom is -0.484 e. The van der Waals surface area contributed by atoms with Crippen LogP contribution >= 0.6 is 0 Å². The number of carbonyl (C=O) groups excluding carboxylic acids is 1. The number of nitrogens with one attached hydrogen (secondary N) is 1. The van der Waals surface area contributed by atoms with E-state index in [-0.39, 0.29) is 18.6 Å². The molecule has 2 aromatic rings. The molecule has 0 fully saturated rings. The van der Waals surface area contributed by atoms with Crippen LogP contribution in [0.1, 0.15) is 45.2 Å². The molecule has 0 unspecified atom stereocenters. The molecule has 0 atom stereocenters. The van der Waals surface area contributed by atoms with E-state index in [2.05, 4.69) is 24.3 Å². The minimum absolute atomic E-state index is 0.0235. The number of benzene rings is 1. The summed E-state index contributed by atoms with van der Waals surface area (Å²) in [7, 11) is 0. The molecule has 0 aliphatic carbocycles. The first-order valence-corrected chi connectivity index (χ1v) is 7.53. The molecule has 0 saturated carbocycles. The molecule has 22 heavy (non-hydrogen) atoms. The van der Waals surface area contributed by atoms with Gasteiger partial charge in [-0.15, -0.1) is 0 Å². The van der Waals surface area contributed by atoms with Crippen LogP contribution in [0.2, 0.25) is 0 Å². The van der Waals surface area contributed by atoms with E-state index in [0.717, 1.165) is 0 Å². The number of ether oxygens (including phenoxy) is 1. The molecule has 0 saturated heterocycles. The fourth-order valence-electron chi connectivity index (χ4n) is 2.10. The van der Waals surface area contributed by atoms with E-state index in [1.165, 1.54) is 5.56 Å². The average Bonchev–Trinajstić information content (AvgIpc) is 2.94. The standard InChI is InChI=1S/C17H23N3O2/c1-12(2)14-5-7-15(8-6-14)22-11-17(21)19-16-9-10-18-20(16)13(3)4/h5-10,12-13H,11H2,1-4H3,(H,19,21). The normalized spacial score (nSPS) is 11.0. The van der Waals surface area contributed by atoms with Crippen LogP contribution in [0.5, 0.6) is 5.75 Å². The van der Waals surface area contributed by atoms with Gasteiger partial charge in [0.15, 0.2) is 6.61 Å². The third-order valence-corrected chi connectivity index (χ3v) is 3.34. The maximum absolute atomic E-state index is 12.0. The predicted molar refractivity (Wildman–Crippen MR) is 87.3 cm³/mol. The van der Waals surface area contributed by atoms with Gasteiger partial charge < -0.3 is 10.1 Å². The summed E-state index contributed by atoms with van der Waals surface area (Å²) in [6.45, 7) is 8.28. The molecule has 1 amide bonds. The van der Waals surface area contributed by atoms with Gasteiger partial charge in [-0.25, -0.2) is 4.68 Å². The highest BCUT2D eigenvalue weighted by molar-refractivity contribution is 5.91. The van der Waals surface area contributed by atoms with Crippen LogP contribution in [0.4, 0.5) is 5.82 Å². The highest BCUT2D eigenvalue weighted by Crippen LogP contribution is 2.18. The van der Waals surface area contributed by atoms with Gasteiger partial charge >= 0.3 is 0 Å². The Morgan fingerprint density at radius 2 is 1.86 bits per heavy atom. The summed E-state index contributed by atoms with van der Waals surface area (Å²) >= 11 is 0. The van der Waals surface area contributed by atoms with Crippen LogP contribution < -0.4 is 10.1 Å². The van der Waals surface area contributed by atoms with E-state index < -0.39 is 0 Å². The van der Waals surface area contributed by atoms with Crippen molar-refractivity contribution in [2.24, 2.45) is 0 Å². The fraction of sp³-hybridized carbons (Fsp3) is 0.412. The average molecular weight is 301 g/mol. The molecule has 2 rings (SSSR count). The number of aromatic nitrogens is 2. The number of nitrogens with zero attached hydrogens (tertiary/aromatic N) is 2. The summed E-state index contributed by atoms with van der Waals surface area (Å²) in [6, 6.07) is 9.78. The smallest absolute Gasteiger partial charge is 0.263 e. The molecule has 5 heteroatoms. The molecule has 1 aromatic heterocycles. The van der Waals surface area contributed by atoms with Gasteiger partial charge in [0, 0.05) is 12.1 Å². The van der Waals surface area contributed by atoms with Gasteiger partial charge in [-0.2, -0.15) is 5.10 Å². The highest BCUT2D eigenvalue weighted by atomic mass is 16.5. The van der Waals surface area contributed by atoms with E-state index in [4.69, 9.17) is 4.74 Å². The van der Waals surface area contributed by atoms with Gasteiger partial charge in [-0.3, -0.25) is 4.79 Å². The largest absolute Gasteiger partial charge is 0.484 e. The van der Waals surface area contributed by atoms with Crippen molar-refractivity contribution in [3.05, 3.63) is 42.1 Å². The summed E-state index contributed by atoms with van der Waals surface area (Å²) < 4.78 is 7.27. The molecule has 0 aliphatic heterocycles. The van der Waals surface area contributed by atoms with Crippen LogP contribution in [0.3, 0.4) is 0 Å². The third-order valence-electron chi connectivity index (χ3n) is 3.34. The van der Waals surface area contributed by atoms with Gasteiger partial charge in [0.2, 0.25) is 0 Å². The first-order valence-electron chi connectivity index (χ1n) is 7.53. The van der Waals surface area contributed by atoms with Crippen molar-refractivity contribution in [1.82, 2.24) is 9.78 Å². The predicted octanol–water partition coefficient (Wildman–Crippen LogP) is 3.60. The number of rotatable bonds is 6. The first-order chi connectivity index (χ1) is 10.5. The van der Waals surface area contributed by atoms with Crippen molar-refractivity contribution >= 4 is 11.7 Å². The quantitative estimate of drug-likeness (QED) is 0.887. The van der Waals surface area contributed by atoms with Crippen molar-refractivity contribution in [3.63, 3.8) is 0 Å². The monoisotopic (exact) mass is 301 g/mol. The summed E-state index contributed by atoms with van der Waals surface area (Å²) in [5, 5.41) is 6.98. The van der Waals surface area contributed by atoms with Gasteiger partial charge in [0.25, 0.3) is 5.91 Å². The van der Waals surface area contributed by atoms with E-state index >= 15 is 0 Å². The van der Waals surface area contributed by atoms with Crippen LogP contribution in [0, 0.1) is 0 Å². The molecule has 5 nitrogen and oxygen atoms in total. The molecule has 1 N–H and O–H groups in total. The lowest BCUT2D eigenvalue weighted by Crippen LogP contribution is -2.22. The van der Waals surface area contributed by atoms with Crippen molar-refractivity contribution in [3.8, 4) is 5.75 Å².